The van der Waals surface area contributed by atoms with Crippen LogP contribution in [0.5, 0.6) is 0 Å². The number of aromatic nitrogens is 2. The quantitative estimate of drug-likeness (QED) is 0.592. The fraction of sp³-hybridized carbons (Fsp3) is 0.190. The lowest BCUT2D eigenvalue weighted by molar-refractivity contribution is -0.116. The van der Waals surface area contributed by atoms with Crippen molar-refractivity contribution in [3.05, 3.63) is 75.4 Å². The van der Waals surface area contributed by atoms with E-state index in [1.165, 1.54) is 4.57 Å². The summed E-state index contributed by atoms with van der Waals surface area (Å²) >= 11 is 0. The molecular weight excluding hydrogens is 358 g/mol. The van der Waals surface area contributed by atoms with Gasteiger partial charge in [-0.15, -0.1) is 0 Å². The number of para-hydroxylation sites is 2. The zero-order valence-corrected chi connectivity index (χ0v) is 15.5. The third kappa shape index (κ3) is 2.90. The SMILES string of the molecule is CC(C)n1c(=O)c2oc3ccccc3c2n(CC(=O)Nc2ccccc2)c1=O. The maximum absolute atomic E-state index is 13.1. The van der Waals surface area contributed by atoms with Gasteiger partial charge in [0, 0.05) is 17.1 Å². The first kappa shape index (κ1) is 17.8. The molecule has 0 aliphatic heterocycles. The van der Waals surface area contributed by atoms with E-state index in [0.29, 0.717) is 22.2 Å². The minimum absolute atomic E-state index is 0.0713. The molecule has 0 spiro atoms. The Hall–Kier alpha value is -3.61. The molecule has 0 saturated heterocycles. The number of furan rings is 1. The van der Waals surface area contributed by atoms with E-state index in [0.717, 1.165) is 4.57 Å². The van der Waals surface area contributed by atoms with E-state index in [-0.39, 0.29) is 24.1 Å². The Morgan fingerprint density at radius 2 is 1.71 bits per heavy atom. The van der Waals surface area contributed by atoms with Crippen molar-refractivity contribution >= 4 is 33.7 Å². The van der Waals surface area contributed by atoms with Crippen molar-refractivity contribution in [3.63, 3.8) is 0 Å². The molecule has 1 amide bonds. The van der Waals surface area contributed by atoms with E-state index in [2.05, 4.69) is 5.32 Å². The molecule has 2 heterocycles. The Kier molecular flexibility index (Phi) is 4.35. The highest BCUT2D eigenvalue weighted by Crippen LogP contribution is 2.25. The van der Waals surface area contributed by atoms with Crippen molar-refractivity contribution in [3.8, 4) is 0 Å². The van der Waals surface area contributed by atoms with E-state index in [9.17, 15) is 14.4 Å². The third-order valence-electron chi connectivity index (χ3n) is 4.56. The number of carbonyl (C=O) groups excluding carboxylic acids is 1. The van der Waals surface area contributed by atoms with Gasteiger partial charge in [0.05, 0.1) is 0 Å². The van der Waals surface area contributed by atoms with Crippen molar-refractivity contribution < 1.29 is 9.21 Å². The number of nitrogens with zero attached hydrogens (tertiary/aromatic N) is 2. The highest BCUT2D eigenvalue weighted by Gasteiger charge is 2.22. The highest BCUT2D eigenvalue weighted by atomic mass is 16.3. The number of benzene rings is 2. The summed E-state index contributed by atoms with van der Waals surface area (Å²) in [6.07, 6.45) is 0. The van der Waals surface area contributed by atoms with Crippen molar-refractivity contribution in [2.24, 2.45) is 0 Å². The molecule has 7 nitrogen and oxygen atoms in total. The van der Waals surface area contributed by atoms with E-state index >= 15 is 0 Å². The maximum atomic E-state index is 13.1. The Labute approximate surface area is 159 Å². The molecule has 28 heavy (non-hydrogen) atoms. The van der Waals surface area contributed by atoms with Crippen LogP contribution in [0.3, 0.4) is 0 Å². The van der Waals surface area contributed by atoms with Crippen LogP contribution in [0.4, 0.5) is 5.69 Å². The van der Waals surface area contributed by atoms with Crippen molar-refractivity contribution in [2.45, 2.75) is 26.4 Å². The van der Waals surface area contributed by atoms with Gasteiger partial charge in [0.15, 0.2) is 0 Å². The minimum Gasteiger partial charge on any atom is -0.449 e. The summed E-state index contributed by atoms with van der Waals surface area (Å²) in [6, 6.07) is 15.7. The van der Waals surface area contributed by atoms with Gasteiger partial charge in [0.1, 0.15) is 17.6 Å². The van der Waals surface area contributed by atoms with Crippen molar-refractivity contribution in [2.75, 3.05) is 5.32 Å². The molecule has 1 N–H and O–H groups in total. The Bertz CT molecular complexity index is 1300. The number of hydrogen-bond acceptors (Lipinski definition) is 4. The lowest BCUT2D eigenvalue weighted by Crippen LogP contribution is -2.42. The van der Waals surface area contributed by atoms with Crippen LogP contribution in [0.15, 0.2) is 68.6 Å². The topological polar surface area (TPSA) is 86.2 Å². The van der Waals surface area contributed by atoms with Gasteiger partial charge >= 0.3 is 5.69 Å². The molecule has 0 bridgehead atoms. The predicted molar refractivity (Wildman–Crippen MR) is 108 cm³/mol. The van der Waals surface area contributed by atoms with Crippen LogP contribution in [0.1, 0.15) is 19.9 Å². The number of carbonyl (C=O) groups is 1. The summed E-state index contributed by atoms with van der Waals surface area (Å²) in [7, 11) is 0. The monoisotopic (exact) mass is 377 g/mol. The van der Waals surface area contributed by atoms with E-state index in [1.54, 1.807) is 50.2 Å². The molecule has 7 heteroatoms. The first-order valence-electron chi connectivity index (χ1n) is 8.99. The van der Waals surface area contributed by atoms with Gasteiger partial charge in [-0.05, 0) is 38.1 Å². The molecule has 4 aromatic rings. The fourth-order valence-corrected chi connectivity index (χ4v) is 3.33. The summed E-state index contributed by atoms with van der Waals surface area (Å²) in [6.45, 7) is 3.25. The zero-order chi connectivity index (χ0) is 19.8. The van der Waals surface area contributed by atoms with E-state index in [1.807, 2.05) is 18.2 Å². The maximum Gasteiger partial charge on any atom is 0.332 e. The first-order chi connectivity index (χ1) is 13.5. The van der Waals surface area contributed by atoms with Gasteiger partial charge in [-0.2, -0.15) is 0 Å². The zero-order valence-electron chi connectivity index (χ0n) is 15.5. The number of amides is 1. The van der Waals surface area contributed by atoms with Crippen LogP contribution in [-0.4, -0.2) is 15.0 Å². The Morgan fingerprint density at radius 3 is 2.43 bits per heavy atom. The number of anilines is 1. The van der Waals surface area contributed by atoms with Gasteiger partial charge in [-0.1, -0.05) is 30.3 Å². The highest BCUT2D eigenvalue weighted by molar-refractivity contribution is 6.03. The lowest BCUT2D eigenvalue weighted by atomic mass is 10.2. The van der Waals surface area contributed by atoms with Crippen LogP contribution in [0.25, 0.3) is 22.1 Å². The number of rotatable bonds is 4. The standard InChI is InChI=1S/C21H19N3O4/c1-13(2)24-20(26)19-18(15-10-6-7-11-16(15)28-19)23(21(24)27)12-17(25)22-14-8-4-3-5-9-14/h3-11,13H,12H2,1-2H3,(H,22,25). The second-order valence-corrected chi connectivity index (χ2v) is 6.83. The molecule has 2 aromatic heterocycles. The van der Waals surface area contributed by atoms with Crippen LogP contribution >= 0.6 is 0 Å². The summed E-state index contributed by atoms with van der Waals surface area (Å²) < 4.78 is 8.16. The Balaban J connectivity index is 1.92. The van der Waals surface area contributed by atoms with Crippen molar-refractivity contribution in [1.82, 2.24) is 9.13 Å². The fourth-order valence-electron chi connectivity index (χ4n) is 3.33. The number of hydrogen-bond donors (Lipinski definition) is 1. The average molecular weight is 377 g/mol. The molecule has 0 aliphatic carbocycles. The van der Waals surface area contributed by atoms with Crippen LogP contribution in [0, 0.1) is 0 Å². The molecule has 0 atom stereocenters. The van der Waals surface area contributed by atoms with E-state index in [4.69, 9.17) is 4.42 Å². The summed E-state index contributed by atoms with van der Waals surface area (Å²) in [5, 5.41) is 3.39. The minimum atomic E-state index is -0.540. The second-order valence-electron chi connectivity index (χ2n) is 6.83. The predicted octanol–water partition coefficient (Wildman–Crippen LogP) is 3.13. The van der Waals surface area contributed by atoms with Crippen LogP contribution in [0.2, 0.25) is 0 Å². The average Bonchev–Trinajstić information content (AvgIpc) is 3.06. The Morgan fingerprint density at radius 1 is 1.04 bits per heavy atom. The van der Waals surface area contributed by atoms with Gasteiger partial charge < -0.3 is 9.73 Å². The van der Waals surface area contributed by atoms with Gasteiger partial charge in [-0.25, -0.2) is 4.79 Å². The third-order valence-corrected chi connectivity index (χ3v) is 4.56. The summed E-state index contributed by atoms with van der Waals surface area (Å²) in [5.74, 6) is -0.367. The molecule has 2 aromatic carbocycles. The number of nitrogens with one attached hydrogen (secondary N) is 1. The molecule has 4 rings (SSSR count). The molecule has 0 saturated carbocycles. The molecule has 0 unspecified atom stereocenters. The first-order valence-corrected chi connectivity index (χ1v) is 8.99. The molecule has 0 radical (unpaired) electrons. The van der Waals surface area contributed by atoms with Gasteiger partial charge in [-0.3, -0.25) is 18.7 Å². The smallest absolute Gasteiger partial charge is 0.332 e. The molecule has 142 valence electrons. The van der Waals surface area contributed by atoms with Gasteiger partial charge in [0.25, 0.3) is 5.56 Å². The van der Waals surface area contributed by atoms with E-state index < -0.39 is 11.2 Å². The summed E-state index contributed by atoms with van der Waals surface area (Å²) in [5.41, 5.74) is 0.500. The number of fused-ring (bicyclic) bond motifs is 3. The lowest BCUT2D eigenvalue weighted by Gasteiger charge is -2.14. The molecular formula is C21H19N3O4. The molecule has 0 aliphatic rings. The normalized spacial score (nSPS) is 11.4. The van der Waals surface area contributed by atoms with Crippen LogP contribution < -0.4 is 16.6 Å². The largest absolute Gasteiger partial charge is 0.449 e. The van der Waals surface area contributed by atoms with Crippen LogP contribution in [-0.2, 0) is 11.3 Å². The summed E-state index contributed by atoms with van der Waals surface area (Å²) in [4.78, 5) is 38.5. The second kappa shape index (κ2) is 6.84. The van der Waals surface area contributed by atoms with Gasteiger partial charge in [0.2, 0.25) is 11.5 Å². The van der Waals surface area contributed by atoms with Crippen molar-refractivity contribution in [1.29, 1.82) is 0 Å². The molecule has 0 fully saturated rings.